The Bertz CT molecular complexity index is 683. The predicted molar refractivity (Wildman–Crippen MR) is 84.8 cm³/mol. The first-order chi connectivity index (χ1) is 11.6. The summed E-state index contributed by atoms with van der Waals surface area (Å²) in [6.45, 7) is -0.386. The third-order valence-electron chi connectivity index (χ3n) is 4.14. The van der Waals surface area contributed by atoms with Gasteiger partial charge in [0, 0.05) is 12.1 Å². The number of anilines is 1. The lowest BCUT2D eigenvalue weighted by Crippen LogP contribution is -2.34. The van der Waals surface area contributed by atoms with Crippen LogP contribution in [-0.4, -0.2) is 41.1 Å². The van der Waals surface area contributed by atoms with Gasteiger partial charge in [-0.2, -0.15) is 0 Å². The highest BCUT2D eigenvalue weighted by Gasteiger charge is 2.31. The van der Waals surface area contributed by atoms with Gasteiger partial charge in [-0.15, -0.1) is 0 Å². The Morgan fingerprint density at radius 3 is 2.75 bits per heavy atom. The van der Waals surface area contributed by atoms with E-state index in [-0.39, 0.29) is 25.0 Å². The summed E-state index contributed by atoms with van der Waals surface area (Å²) in [7, 11) is 0. The lowest BCUT2D eigenvalue weighted by molar-refractivity contribution is -0.137. The second kappa shape index (κ2) is 7.00. The van der Waals surface area contributed by atoms with Gasteiger partial charge in [-0.05, 0) is 37.8 Å². The van der Waals surface area contributed by atoms with Gasteiger partial charge < -0.3 is 15.2 Å². The summed E-state index contributed by atoms with van der Waals surface area (Å²) in [5.74, 6) is -1.08. The molecule has 2 aliphatic rings. The number of nitrogens with zero attached hydrogens (tertiary/aromatic N) is 1. The molecule has 7 heteroatoms. The zero-order chi connectivity index (χ0) is 17.1. The number of β-amino-alcohol motifs (C(OH)–C–C–N with tert-alkyl or cyclic N) is 1. The molecular formula is C17H19FN2O4. The molecule has 6 nitrogen and oxygen atoms in total. The number of amides is 2. The molecule has 0 radical (unpaired) electrons. The second-order valence-electron chi connectivity index (χ2n) is 5.87. The quantitative estimate of drug-likeness (QED) is 0.776. The van der Waals surface area contributed by atoms with Gasteiger partial charge in [-0.25, -0.2) is 4.39 Å². The Labute approximate surface area is 138 Å². The minimum absolute atomic E-state index is 0.0373. The fourth-order valence-electron chi connectivity index (χ4n) is 2.94. The van der Waals surface area contributed by atoms with Gasteiger partial charge in [0.05, 0.1) is 24.9 Å². The minimum Gasteiger partial charge on any atom is -0.488 e. The lowest BCUT2D eigenvalue weighted by Gasteiger charge is -2.18. The molecule has 1 fully saturated rings. The number of aliphatic hydroxyl groups is 1. The molecule has 2 N–H and O–H groups in total. The highest BCUT2D eigenvalue weighted by Crippen LogP contribution is 2.32. The second-order valence-corrected chi connectivity index (χ2v) is 5.87. The molecule has 24 heavy (non-hydrogen) atoms. The highest BCUT2D eigenvalue weighted by atomic mass is 19.1. The van der Waals surface area contributed by atoms with Crippen molar-refractivity contribution in [2.24, 2.45) is 0 Å². The van der Waals surface area contributed by atoms with Gasteiger partial charge in [0.2, 0.25) is 0 Å². The summed E-state index contributed by atoms with van der Waals surface area (Å²) >= 11 is 0. The van der Waals surface area contributed by atoms with Crippen molar-refractivity contribution in [3.05, 3.63) is 35.8 Å². The van der Waals surface area contributed by atoms with Crippen molar-refractivity contribution in [2.45, 2.75) is 31.8 Å². The van der Waals surface area contributed by atoms with E-state index in [1.807, 2.05) is 0 Å². The Morgan fingerprint density at radius 1 is 1.29 bits per heavy atom. The molecule has 0 atom stereocenters. The van der Waals surface area contributed by atoms with E-state index >= 15 is 0 Å². The van der Waals surface area contributed by atoms with E-state index in [0.29, 0.717) is 11.4 Å². The number of rotatable bonds is 6. The van der Waals surface area contributed by atoms with Crippen LogP contribution in [0, 0.1) is 5.82 Å². The molecule has 1 heterocycles. The summed E-state index contributed by atoms with van der Waals surface area (Å²) in [6.07, 6.45) is 5.31. The summed E-state index contributed by atoms with van der Waals surface area (Å²) in [6, 6.07) is 4.05. The summed E-state index contributed by atoms with van der Waals surface area (Å²) in [5.41, 5.74) is 0.343. The number of imide groups is 1. The molecule has 0 bridgehead atoms. The van der Waals surface area contributed by atoms with Crippen molar-refractivity contribution in [3.8, 4) is 5.75 Å². The van der Waals surface area contributed by atoms with Gasteiger partial charge in [0.15, 0.2) is 0 Å². The van der Waals surface area contributed by atoms with E-state index in [4.69, 9.17) is 9.84 Å². The van der Waals surface area contributed by atoms with E-state index in [9.17, 15) is 14.0 Å². The number of carbonyl (C=O) groups excluding carboxylic acids is 2. The molecule has 1 aliphatic heterocycles. The van der Waals surface area contributed by atoms with Gasteiger partial charge in [0.25, 0.3) is 11.8 Å². The molecule has 0 spiro atoms. The van der Waals surface area contributed by atoms with E-state index in [1.165, 1.54) is 18.2 Å². The topological polar surface area (TPSA) is 78.9 Å². The Balaban J connectivity index is 1.79. The van der Waals surface area contributed by atoms with E-state index < -0.39 is 17.6 Å². The molecule has 1 aliphatic carbocycles. The standard InChI is InChI=1S/C17H19FN2O4/c18-11-5-6-15(24-12-3-1-2-4-12)13(9-11)19-14-10-16(22)20(7-8-21)17(14)23/h5-6,9-10,12,19,21H,1-4,7-8H2. The fourth-order valence-corrected chi connectivity index (χ4v) is 2.94. The van der Waals surface area contributed by atoms with Crippen LogP contribution in [0.1, 0.15) is 25.7 Å². The molecule has 0 unspecified atom stereocenters. The third-order valence-corrected chi connectivity index (χ3v) is 4.14. The Kier molecular flexibility index (Phi) is 4.80. The van der Waals surface area contributed by atoms with Crippen molar-refractivity contribution in [3.63, 3.8) is 0 Å². The molecule has 2 amide bonds. The van der Waals surface area contributed by atoms with Gasteiger partial charge in [0.1, 0.15) is 17.3 Å². The number of hydrogen-bond acceptors (Lipinski definition) is 5. The van der Waals surface area contributed by atoms with Crippen LogP contribution in [0.3, 0.4) is 0 Å². The molecule has 1 aromatic carbocycles. The Morgan fingerprint density at radius 2 is 2.04 bits per heavy atom. The lowest BCUT2D eigenvalue weighted by atomic mass is 10.2. The molecule has 3 rings (SSSR count). The maximum absolute atomic E-state index is 13.6. The van der Waals surface area contributed by atoms with E-state index in [2.05, 4.69) is 5.32 Å². The largest absolute Gasteiger partial charge is 0.488 e. The van der Waals surface area contributed by atoms with Crippen LogP contribution in [0.5, 0.6) is 5.75 Å². The molecular weight excluding hydrogens is 315 g/mol. The molecule has 0 saturated heterocycles. The normalized spacial score (nSPS) is 18.2. The number of carbonyl (C=O) groups is 2. The van der Waals surface area contributed by atoms with Crippen LogP contribution in [-0.2, 0) is 9.59 Å². The van der Waals surface area contributed by atoms with E-state index in [1.54, 1.807) is 0 Å². The van der Waals surface area contributed by atoms with Crippen LogP contribution in [0.15, 0.2) is 30.0 Å². The van der Waals surface area contributed by atoms with Crippen molar-refractivity contribution in [1.29, 1.82) is 0 Å². The predicted octanol–water partition coefficient (Wildman–Crippen LogP) is 1.80. The summed E-state index contributed by atoms with van der Waals surface area (Å²) < 4.78 is 19.5. The van der Waals surface area contributed by atoms with Crippen molar-refractivity contribution in [2.75, 3.05) is 18.5 Å². The molecule has 0 aromatic heterocycles. The SMILES string of the molecule is O=C1C=C(Nc2cc(F)ccc2OC2CCCC2)C(=O)N1CCO. The van der Waals surface area contributed by atoms with Crippen LogP contribution >= 0.6 is 0 Å². The summed E-state index contributed by atoms with van der Waals surface area (Å²) in [5, 5.41) is 11.7. The van der Waals surface area contributed by atoms with Crippen LogP contribution in [0.2, 0.25) is 0 Å². The average molecular weight is 334 g/mol. The first kappa shape index (κ1) is 16.4. The van der Waals surface area contributed by atoms with Crippen LogP contribution < -0.4 is 10.1 Å². The maximum Gasteiger partial charge on any atom is 0.277 e. The van der Waals surface area contributed by atoms with Crippen LogP contribution in [0.4, 0.5) is 10.1 Å². The maximum atomic E-state index is 13.6. The number of aliphatic hydroxyl groups excluding tert-OH is 1. The smallest absolute Gasteiger partial charge is 0.277 e. The van der Waals surface area contributed by atoms with Crippen molar-refractivity contribution in [1.82, 2.24) is 4.90 Å². The number of ether oxygens (including phenoxy) is 1. The number of benzene rings is 1. The zero-order valence-corrected chi connectivity index (χ0v) is 13.1. The van der Waals surface area contributed by atoms with Crippen molar-refractivity contribution >= 4 is 17.5 Å². The monoisotopic (exact) mass is 334 g/mol. The minimum atomic E-state index is -0.551. The molecule has 128 valence electrons. The van der Waals surface area contributed by atoms with Gasteiger partial charge in [-0.1, -0.05) is 0 Å². The van der Waals surface area contributed by atoms with Crippen molar-refractivity contribution < 1.29 is 23.8 Å². The fraction of sp³-hybridized carbons (Fsp3) is 0.412. The first-order valence-electron chi connectivity index (χ1n) is 8.00. The first-order valence-corrected chi connectivity index (χ1v) is 8.00. The number of halogens is 1. The zero-order valence-electron chi connectivity index (χ0n) is 13.1. The highest BCUT2D eigenvalue weighted by molar-refractivity contribution is 6.17. The van der Waals surface area contributed by atoms with Crippen LogP contribution in [0.25, 0.3) is 0 Å². The Hall–Kier alpha value is -2.41. The number of hydrogen-bond donors (Lipinski definition) is 2. The average Bonchev–Trinajstić information content (AvgIpc) is 3.14. The van der Waals surface area contributed by atoms with E-state index in [0.717, 1.165) is 36.7 Å². The molecule has 1 saturated carbocycles. The number of nitrogens with one attached hydrogen (secondary N) is 1. The third kappa shape index (κ3) is 3.41. The summed E-state index contributed by atoms with van der Waals surface area (Å²) in [4.78, 5) is 24.9. The van der Waals surface area contributed by atoms with Gasteiger partial charge >= 0.3 is 0 Å². The molecule has 1 aromatic rings. The van der Waals surface area contributed by atoms with Gasteiger partial charge in [-0.3, -0.25) is 14.5 Å².